The van der Waals surface area contributed by atoms with E-state index in [4.69, 9.17) is 9.15 Å². The Hall–Kier alpha value is -2.80. The van der Waals surface area contributed by atoms with Gasteiger partial charge in [0.1, 0.15) is 11.4 Å². The molecule has 0 aliphatic carbocycles. The van der Waals surface area contributed by atoms with Crippen molar-refractivity contribution in [2.45, 2.75) is 17.9 Å². The third-order valence-electron chi connectivity index (χ3n) is 3.58. The Labute approximate surface area is 148 Å². The molecule has 0 bridgehead atoms. The van der Waals surface area contributed by atoms with Gasteiger partial charge in [-0.2, -0.15) is 0 Å². The highest BCUT2D eigenvalue weighted by atomic mass is 32.2. The minimum Gasteiger partial charge on any atom is -0.493 e. The van der Waals surface area contributed by atoms with Crippen LogP contribution in [0.4, 0.5) is 0 Å². The van der Waals surface area contributed by atoms with Gasteiger partial charge in [-0.1, -0.05) is 30.0 Å². The van der Waals surface area contributed by atoms with Crippen LogP contribution in [0, 0.1) is 0 Å². The van der Waals surface area contributed by atoms with Crippen LogP contribution in [-0.4, -0.2) is 26.2 Å². The van der Waals surface area contributed by atoms with E-state index in [0.29, 0.717) is 23.5 Å². The first-order chi connectivity index (χ1) is 12.3. The number of benzene rings is 1. The van der Waals surface area contributed by atoms with Crippen molar-refractivity contribution in [1.29, 1.82) is 0 Å². The molecule has 3 heterocycles. The molecule has 0 saturated carbocycles. The quantitative estimate of drug-likeness (QED) is 0.487. The molecule has 3 aromatic heterocycles. The van der Waals surface area contributed by atoms with E-state index >= 15 is 0 Å². The highest BCUT2D eigenvalue weighted by Gasteiger charge is 2.14. The second kappa shape index (κ2) is 6.98. The number of aromatic nitrogens is 4. The minimum atomic E-state index is 0.460. The maximum Gasteiger partial charge on any atom is 0.277 e. The molecule has 0 fully saturated rings. The number of thioether (sulfide) groups is 1. The van der Waals surface area contributed by atoms with Crippen LogP contribution in [0.25, 0.3) is 17.1 Å². The van der Waals surface area contributed by atoms with Gasteiger partial charge in [-0.05, 0) is 31.2 Å². The summed E-state index contributed by atoms with van der Waals surface area (Å²) in [6.07, 6.45) is 3.98. The highest BCUT2D eigenvalue weighted by molar-refractivity contribution is 7.98. The first kappa shape index (κ1) is 15.7. The third-order valence-corrected chi connectivity index (χ3v) is 4.43. The van der Waals surface area contributed by atoms with Gasteiger partial charge in [0.15, 0.2) is 0 Å². The summed E-state index contributed by atoms with van der Waals surface area (Å²) < 4.78 is 13.4. The molecule has 0 radical (unpaired) electrons. The van der Waals surface area contributed by atoms with Gasteiger partial charge in [-0.25, -0.2) is 4.98 Å². The monoisotopic (exact) mass is 352 g/mol. The van der Waals surface area contributed by atoms with Gasteiger partial charge in [-0.15, -0.1) is 10.2 Å². The predicted molar refractivity (Wildman–Crippen MR) is 95.7 cm³/mol. The van der Waals surface area contributed by atoms with Crippen LogP contribution in [-0.2, 0) is 5.75 Å². The highest BCUT2D eigenvalue weighted by Crippen LogP contribution is 2.31. The average molecular weight is 352 g/mol. The van der Waals surface area contributed by atoms with E-state index in [-0.39, 0.29) is 0 Å². The van der Waals surface area contributed by atoms with Crippen LogP contribution >= 0.6 is 11.8 Å². The van der Waals surface area contributed by atoms with Gasteiger partial charge in [-0.3, -0.25) is 0 Å². The third kappa shape index (κ3) is 3.36. The molecule has 0 amide bonds. The molecular formula is C18H16N4O2S. The summed E-state index contributed by atoms with van der Waals surface area (Å²) in [6, 6.07) is 13.6. The number of ether oxygens (including phenoxy) is 1. The van der Waals surface area contributed by atoms with Gasteiger partial charge in [0.25, 0.3) is 11.1 Å². The molecule has 0 unspecified atom stereocenters. The smallest absolute Gasteiger partial charge is 0.277 e. The van der Waals surface area contributed by atoms with Crippen molar-refractivity contribution in [3.05, 3.63) is 60.6 Å². The molecule has 0 aliphatic rings. The topological polar surface area (TPSA) is 65.5 Å². The van der Waals surface area contributed by atoms with Gasteiger partial charge >= 0.3 is 0 Å². The summed E-state index contributed by atoms with van der Waals surface area (Å²) >= 11 is 1.47. The zero-order valence-electron chi connectivity index (χ0n) is 13.6. The fourth-order valence-corrected chi connectivity index (χ4v) is 3.14. The van der Waals surface area contributed by atoms with Gasteiger partial charge in [0.2, 0.25) is 0 Å². The van der Waals surface area contributed by atoms with Gasteiger partial charge in [0.05, 0.1) is 17.9 Å². The summed E-state index contributed by atoms with van der Waals surface area (Å²) in [6.45, 7) is 2.53. The summed E-state index contributed by atoms with van der Waals surface area (Å²) in [5.41, 5.74) is 2.69. The van der Waals surface area contributed by atoms with Crippen LogP contribution < -0.4 is 4.74 Å². The number of fused-ring (bicyclic) bond motifs is 1. The van der Waals surface area contributed by atoms with Crippen molar-refractivity contribution in [3.63, 3.8) is 0 Å². The van der Waals surface area contributed by atoms with Gasteiger partial charge < -0.3 is 13.6 Å². The SMILES string of the molecule is CCOc1ccccc1-c1nnc(SCc2cn3ccccc3n2)o1. The van der Waals surface area contributed by atoms with E-state index in [1.807, 2.05) is 66.2 Å². The fourth-order valence-electron chi connectivity index (χ4n) is 2.49. The summed E-state index contributed by atoms with van der Waals surface area (Å²) in [7, 11) is 0. The van der Waals surface area contributed by atoms with Crippen molar-refractivity contribution in [1.82, 2.24) is 19.6 Å². The van der Waals surface area contributed by atoms with Gasteiger partial charge in [0, 0.05) is 18.1 Å². The largest absolute Gasteiger partial charge is 0.493 e. The van der Waals surface area contributed by atoms with Crippen LogP contribution in [0.15, 0.2) is 64.5 Å². The molecular weight excluding hydrogens is 336 g/mol. The molecule has 4 aromatic rings. The molecule has 0 saturated heterocycles. The molecule has 126 valence electrons. The summed E-state index contributed by atoms with van der Waals surface area (Å²) in [5, 5.41) is 8.77. The number of hydrogen-bond donors (Lipinski definition) is 0. The fraction of sp³-hybridized carbons (Fsp3) is 0.167. The molecule has 1 aromatic carbocycles. The lowest BCUT2D eigenvalue weighted by molar-refractivity contribution is 0.340. The molecule has 25 heavy (non-hydrogen) atoms. The lowest BCUT2D eigenvalue weighted by Gasteiger charge is -2.05. The molecule has 0 aliphatic heterocycles. The summed E-state index contributed by atoms with van der Waals surface area (Å²) in [4.78, 5) is 4.56. The maximum atomic E-state index is 5.78. The van der Waals surface area contributed by atoms with Crippen molar-refractivity contribution in [2.75, 3.05) is 6.61 Å². The number of imidazole rings is 1. The van der Waals surface area contributed by atoms with Crippen molar-refractivity contribution in [2.24, 2.45) is 0 Å². The zero-order valence-corrected chi connectivity index (χ0v) is 14.4. The Bertz CT molecular complexity index is 962. The number of hydrogen-bond acceptors (Lipinski definition) is 6. The minimum absolute atomic E-state index is 0.460. The van der Waals surface area contributed by atoms with Crippen molar-refractivity contribution < 1.29 is 9.15 Å². The predicted octanol–water partition coefficient (Wildman–Crippen LogP) is 4.08. The van der Waals surface area contributed by atoms with Crippen LogP contribution in [0.1, 0.15) is 12.6 Å². The Morgan fingerprint density at radius 2 is 2.00 bits per heavy atom. The lowest BCUT2D eigenvalue weighted by Crippen LogP contribution is -1.93. The number of para-hydroxylation sites is 1. The second-order valence-electron chi connectivity index (χ2n) is 5.29. The van der Waals surface area contributed by atoms with Crippen LogP contribution in [0.2, 0.25) is 0 Å². The Kier molecular flexibility index (Phi) is 4.39. The van der Waals surface area contributed by atoms with Crippen molar-refractivity contribution >= 4 is 17.4 Å². The second-order valence-corrected chi connectivity index (χ2v) is 6.22. The molecule has 0 atom stereocenters. The lowest BCUT2D eigenvalue weighted by atomic mass is 10.2. The average Bonchev–Trinajstić information content (AvgIpc) is 3.27. The Morgan fingerprint density at radius 3 is 2.88 bits per heavy atom. The first-order valence-corrected chi connectivity index (χ1v) is 8.93. The van der Waals surface area contributed by atoms with Crippen LogP contribution in [0.5, 0.6) is 5.75 Å². The van der Waals surface area contributed by atoms with E-state index in [1.165, 1.54) is 11.8 Å². The Balaban J connectivity index is 1.50. The van der Waals surface area contributed by atoms with Crippen molar-refractivity contribution in [3.8, 4) is 17.2 Å². The Morgan fingerprint density at radius 1 is 1.12 bits per heavy atom. The zero-order chi connectivity index (χ0) is 17.1. The van der Waals surface area contributed by atoms with Crippen LogP contribution in [0.3, 0.4) is 0 Å². The van der Waals surface area contributed by atoms with E-state index in [9.17, 15) is 0 Å². The maximum absolute atomic E-state index is 5.78. The normalized spacial score (nSPS) is 11.1. The van der Waals surface area contributed by atoms with E-state index in [1.54, 1.807) is 0 Å². The number of nitrogens with zero attached hydrogens (tertiary/aromatic N) is 4. The summed E-state index contributed by atoms with van der Waals surface area (Å²) in [5.74, 6) is 1.86. The van der Waals surface area contributed by atoms with E-state index < -0.39 is 0 Å². The molecule has 0 N–H and O–H groups in total. The molecule has 4 rings (SSSR count). The molecule has 0 spiro atoms. The number of rotatable bonds is 6. The standard InChI is InChI=1S/C18H16N4O2S/c1-2-23-15-8-4-3-7-14(15)17-20-21-18(24-17)25-12-13-11-22-10-6-5-9-16(22)19-13/h3-11H,2,12H2,1H3. The number of pyridine rings is 1. The molecule has 6 nitrogen and oxygen atoms in total. The first-order valence-electron chi connectivity index (χ1n) is 7.94. The van der Waals surface area contributed by atoms with E-state index in [0.717, 1.165) is 22.7 Å². The van der Waals surface area contributed by atoms with E-state index in [2.05, 4.69) is 15.2 Å². The molecule has 7 heteroatoms.